The second kappa shape index (κ2) is 6.61. The number of nitrogens with zero attached hydrogens (tertiary/aromatic N) is 1. The molecular weight excluding hydrogens is 162 g/mol. The first-order valence-electron chi connectivity index (χ1n) is 4.70. The largest absolute Gasteiger partial charge is 0.375 e. The van der Waals surface area contributed by atoms with Crippen LogP contribution in [0.4, 0.5) is 0 Å². The molecule has 0 N–H and O–H groups in total. The zero-order valence-electron chi connectivity index (χ0n) is 7.91. The Kier molecular flexibility index (Phi) is 5.18. The van der Waals surface area contributed by atoms with Crippen molar-refractivity contribution in [2.24, 2.45) is 0 Å². The zero-order chi connectivity index (χ0) is 9.36. The average Bonchev–Trinajstić information content (AvgIpc) is 2.19. The van der Waals surface area contributed by atoms with Crippen LogP contribution in [0.3, 0.4) is 0 Å². The Labute approximate surface area is 80.0 Å². The molecular formula is C11H16NO. The SMILES string of the molecule is [CH2]CCCCOCc1ccccn1. The van der Waals surface area contributed by atoms with Gasteiger partial charge in [0.05, 0.1) is 12.3 Å². The third kappa shape index (κ3) is 4.63. The van der Waals surface area contributed by atoms with Gasteiger partial charge in [0.1, 0.15) is 0 Å². The van der Waals surface area contributed by atoms with Crippen molar-refractivity contribution in [3.05, 3.63) is 37.0 Å². The Morgan fingerprint density at radius 1 is 1.31 bits per heavy atom. The number of unbranched alkanes of at least 4 members (excludes halogenated alkanes) is 2. The molecule has 1 aromatic rings. The van der Waals surface area contributed by atoms with E-state index in [1.165, 1.54) is 0 Å². The van der Waals surface area contributed by atoms with Gasteiger partial charge in [-0.15, -0.1) is 0 Å². The van der Waals surface area contributed by atoms with Gasteiger partial charge in [0.2, 0.25) is 0 Å². The van der Waals surface area contributed by atoms with E-state index in [1.54, 1.807) is 6.20 Å². The van der Waals surface area contributed by atoms with E-state index in [0.29, 0.717) is 6.61 Å². The highest BCUT2D eigenvalue weighted by molar-refractivity contribution is 5.01. The van der Waals surface area contributed by atoms with Crippen molar-refractivity contribution in [1.82, 2.24) is 4.98 Å². The Hall–Kier alpha value is -0.890. The summed E-state index contributed by atoms with van der Waals surface area (Å²) in [6.45, 7) is 5.21. The fourth-order valence-corrected chi connectivity index (χ4v) is 1.04. The molecule has 0 atom stereocenters. The molecule has 1 aromatic heterocycles. The highest BCUT2D eigenvalue weighted by Crippen LogP contribution is 1.98. The van der Waals surface area contributed by atoms with Crippen LogP contribution in [0.25, 0.3) is 0 Å². The van der Waals surface area contributed by atoms with Crippen molar-refractivity contribution < 1.29 is 4.74 Å². The van der Waals surface area contributed by atoms with Gasteiger partial charge in [-0.25, -0.2) is 0 Å². The summed E-state index contributed by atoms with van der Waals surface area (Å²) < 4.78 is 5.43. The molecule has 0 bridgehead atoms. The predicted octanol–water partition coefficient (Wildman–Crippen LogP) is 2.60. The van der Waals surface area contributed by atoms with E-state index in [1.807, 2.05) is 18.2 Å². The fourth-order valence-electron chi connectivity index (χ4n) is 1.04. The van der Waals surface area contributed by atoms with Gasteiger partial charge >= 0.3 is 0 Å². The molecule has 0 spiro atoms. The molecule has 1 heterocycles. The lowest BCUT2D eigenvalue weighted by Crippen LogP contribution is -1.96. The van der Waals surface area contributed by atoms with E-state index >= 15 is 0 Å². The summed E-state index contributed by atoms with van der Waals surface area (Å²) in [6.07, 6.45) is 5.01. The molecule has 1 radical (unpaired) electrons. The molecule has 2 nitrogen and oxygen atoms in total. The number of ether oxygens (including phenoxy) is 1. The maximum Gasteiger partial charge on any atom is 0.0887 e. The van der Waals surface area contributed by atoms with Gasteiger partial charge in [0.25, 0.3) is 0 Å². The Morgan fingerprint density at radius 2 is 2.23 bits per heavy atom. The third-order valence-electron chi connectivity index (χ3n) is 1.76. The van der Waals surface area contributed by atoms with E-state index in [4.69, 9.17) is 4.74 Å². The number of pyridine rings is 1. The first-order valence-corrected chi connectivity index (χ1v) is 4.70. The van der Waals surface area contributed by atoms with Crippen molar-refractivity contribution in [2.45, 2.75) is 25.9 Å². The normalized spacial score (nSPS) is 10.2. The van der Waals surface area contributed by atoms with Gasteiger partial charge in [-0.3, -0.25) is 4.98 Å². The lowest BCUT2D eigenvalue weighted by atomic mass is 10.3. The minimum absolute atomic E-state index is 0.623. The standard InChI is InChI=1S/C11H16NO/c1-2-3-6-9-13-10-11-7-4-5-8-12-11/h4-5,7-8H,1-3,6,9-10H2. The van der Waals surface area contributed by atoms with Crippen LogP contribution in [0.1, 0.15) is 25.0 Å². The molecule has 71 valence electrons. The molecule has 0 unspecified atom stereocenters. The van der Waals surface area contributed by atoms with Gasteiger partial charge in [-0.2, -0.15) is 0 Å². The van der Waals surface area contributed by atoms with Crippen LogP contribution in [-0.4, -0.2) is 11.6 Å². The predicted molar refractivity (Wildman–Crippen MR) is 53.1 cm³/mol. The average molecular weight is 178 g/mol. The van der Waals surface area contributed by atoms with Gasteiger partial charge in [-0.05, 0) is 18.6 Å². The van der Waals surface area contributed by atoms with Crippen LogP contribution < -0.4 is 0 Å². The summed E-state index contributed by atoms with van der Waals surface area (Å²) in [5.41, 5.74) is 0.997. The molecule has 1 rings (SSSR count). The minimum Gasteiger partial charge on any atom is -0.375 e. The maximum absolute atomic E-state index is 5.43. The lowest BCUT2D eigenvalue weighted by molar-refractivity contribution is 0.115. The van der Waals surface area contributed by atoms with Crippen molar-refractivity contribution >= 4 is 0 Å². The van der Waals surface area contributed by atoms with Crippen molar-refractivity contribution in [2.75, 3.05) is 6.61 Å². The number of rotatable bonds is 6. The van der Waals surface area contributed by atoms with E-state index in [-0.39, 0.29) is 0 Å². The monoisotopic (exact) mass is 178 g/mol. The van der Waals surface area contributed by atoms with E-state index in [0.717, 1.165) is 31.6 Å². The molecule has 13 heavy (non-hydrogen) atoms. The summed E-state index contributed by atoms with van der Waals surface area (Å²) in [6, 6.07) is 5.86. The molecule has 0 fully saturated rings. The molecule has 2 heteroatoms. The van der Waals surface area contributed by atoms with Crippen LogP contribution in [0.15, 0.2) is 24.4 Å². The molecule has 0 aromatic carbocycles. The smallest absolute Gasteiger partial charge is 0.0887 e. The topological polar surface area (TPSA) is 22.1 Å². The molecule has 0 saturated carbocycles. The highest BCUT2D eigenvalue weighted by Gasteiger charge is 1.92. The van der Waals surface area contributed by atoms with Crippen molar-refractivity contribution in [3.63, 3.8) is 0 Å². The maximum atomic E-state index is 5.43. The Bertz CT molecular complexity index is 211. The van der Waals surface area contributed by atoms with Crippen LogP contribution in [-0.2, 0) is 11.3 Å². The van der Waals surface area contributed by atoms with Crippen LogP contribution >= 0.6 is 0 Å². The second-order valence-electron chi connectivity index (χ2n) is 2.93. The van der Waals surface area contributed by atoms with Crippen molar-refractivity contribution in [3.8, 4) is 0 Å². The van der Waals surface area contributed by atoms with E-state index in [2.05, 4.69) is 11.9 Å². The molecule has 0 aliphatic heterocycles. The van der Waals surface area contributed by atoms with Crippen LogP contribution in [0.2, 0.25) is 0 Å². The molecule has 0 saturated heterocycles. The molecule has 0 aliphatic carbocycles. The van der Waals surface area contributed by atoms with E-state index < -0.39 is 0 Å². The van der Waals surface area contributed by atoms with Gasteiger partial charge in [0.15, 0.2) is 0 Å². The fraction of sp³-hybridized carbons (Fsp3) is 0.455. The number of hydrogen-bond donors (Lipinski definition) is 0. The molecule has 0 amide bonds. The first-order chi connectivity index (χ1) is 6.43. The minimum atomic E-state index is 0.623. The zero-order valence-corrected chi connectivity index (χ0v) is 7.91. The quantitative estimate of drug-likeness (QED) is 0.625. The second-order valence-corrected chi connectivity index (χ2v) is 2.93. The summed E-state index contributed by atoms with van der Waals surface area (Å²) in [5.74, 6) is 0. The number of aromatic nitrogens is 1. The summed E-state index contributed by atoms with van der Waals surface area (Å²) in [4.78, 5) is 4.16. The van der Waals surface area contributed by atoms with Crippen LogP contribution in [0.5, 0.6) is 0 Å². The van der Waals surface area contributed by atoms with Gasteiger partial charge in [0, 0.05) is 12.8 Å². The van der Waals surface area contributed by atoms with Gasteiger partial charge in [-0.1, -0.05) is 25.8 Å². The summed E-state index contributed by atoms with van der Waals surface area (Å²) >= 11 is 0. The Balaban J connectivity index is 2.07. The van der Waals surface area contributed by atoms with Crippen LogP contribution in [0, 0.1) is 6.92 Å². The third-order valence-corrected chi connectivity index (χ3v) is 1.76. The highest BCUT2D eigenvalue weighted by atomic mass is 16.5. The van der Waals surface area contributed by atoms with E-state index in [9.17, 15) is 0 Å². The lowest BCUT2D eigenvalue weighted by Gasteiger charge is -2.02. The number of hydrogen-bond acceptors (Lipinski definition) is 2. The Morgan fingerprint density at radius 3 is 2.92 bits per heavy atom. The molecule has 0 aliphatic rings. The summed E-state index contributed by atoms with van der Waals surface area (Å²) in [7, 11) is 0. The summed E-state index contributed by atoms with van der Waals surface area (Å²) in [5, 5.41) is 0. The van der Waals surface area contributed by atoms with Crippen molar-refractivity contribution in [1.29, 1.82) is 0 Å². The first kappa shape index (κ1) is 10.2. The van der Waals surface area contributed by atoms with Gasteiger partial charge < -0.3 is 4.74 Å².